The van der Waals surface area contributed by atoms with Crippen LogP contribution in [0.3, 0.4) is 0 Å². The van der Waals surface area contributed by atoms with Crippen LogP contribution in [-0.2, 0) is 26.5 Å². The van der Waals surface area contributed by atoms with Gasteiger partial charge in [-0.15, -0.1) is 0 Å². The predicted octanol–water partition coefficient (Wildman–Crippen LogP) is 2.39. The van der Waals surface area contributed by atoms with Gasteiger partial charge in [-0.3, -0.25) is 0 Å². The van der Waals surface area contributed by atoms with E-state index in [-0.39, 0.29) is 32.8 Å². The maximum absolute atomic E-state index is 9.93. The number of aromatic nitrogens is 6. The summed E-state index contributed by atoms with van der Waals surface area (Å²) in [6, 6.07) is 3.05. The van der Waals surface area contributed by atoms with Crippen LogP contribution in [0.5, 0.6) is 11.8 Å². The monoisotopic (exact) mass is 565 g/mol. The third-order valence-electron chi connectivity index (χ3n) is 4.11. The molecule has 0 aliphatic carbocycles. The minimum absolute atomic E-state index is 0. The molecule has 10 nitrogen and oxygen atoms in total. The molecule has 0 saturated carbocycles. The third kappa shape index (κ3) is 3.24. The van der Waals surface area contributed by atoms with E-state index in [0.29, 0.717) is 34.8 Å². The fourth-order valence-corrected chi connectivity index (χ4v) is 2.70. The number of hydrogen-bond acceptors (Lipinski definition) is 8. The van der Waals surface area contributed by atoms with Crippen LogP contribution in [0.25, 0.3) is 11.6 Å². The van der Waals surface area contributed by atoms with Crippen molar-refractivity contribution >= 4 is 0 Å². The summed E-state index contributed by atoms with van der Waals surface area (Å²) in [5.41, 5.74) is 0.498. The summed E-state index contributed by atoms with van der Waals surface area (Å²) in [5.74, 6) is 1.28. The predicted molar refractivity (Wildman–Crippen MR) is 92.2 cm³/mol. The average Bonchev–Trinajstić information content (AvgIpc) is 3.34. The molecule has 4 rings (SSSR count). The molecule has 0 amide bonds. The molecule has 0 aliphatic heterocycles. The van der Waals surface area contributed by atoms with Crippen LogP contribution in [0.4, 0.5) is 0 Å². The first-order valence-corrected chi connectivity index (χ1v) is 8.19. The Kier molecular flexibility index (Phi) is 4.93. The molecule has 0 bridgehead atoms. The minimum Gasteiger partial charge on any atom is -0.493 e. The Hall–Kier alpha value is -2.87. The van der Waals surface area contributed by atoms with E-state index in [1.54, 1.807) is 13.8 Å². The van der Waals surface area contributed by atoms with Crippen molar-refractivity contribution < 1.29 is 40.1 Å². The van der Waals surface area contributed by atoms with Crippen molar-refractivity contribution in [3.05, 3.63) is 47.8 Å². The van der Waals surface area contributed by atoms with E-state index in [0.717, 1.165) is 0 Å². The largest absolute Gasteiger partial charge is 0.493 e. The van der Waals surface area contributed by atoms with Crippen LogP contribution in [-0.4, -0.2) is 39.7 Å². The number of aryl methyl sites for hydroxylation is 2. The van der Waals surface area contributed by atoms with E-state index in [9.17, 15) is 10.2 Å². The molecular weight excluding hydrogens is 547 g/mol. The molecular formula is C17H18N6O4Pt. The van der Waals surface area contributed by atoms with Gasteiger partial charge >= 0.3 is 0 Å². The fraction of sp³-hybridized carbons (Fsp3) is 0.294. The Balaban J connectivity index is 0.00000225. The van der Waals surface area contributed by atoms with Crippen molar-refractivity contribution in [2.45, 2.75) is 33.1 Å². The van der Waals surface area contributed by atoms with Gasteiger partial charge in [-0.05, 0) is 27.7 Å². The SMILES string of the molecule is Cc1cc(O)n(-c2coc(C(C)(C)c3nc(-n4nc(C)cc4O)co3)n2)n1.[Pt]. The molecule has 4 aromatic heterocycles. The first-order valence-electron chi connectivity index (χ1n) is 8.19. The topological polar surface area (TPSA) is 128 Å². The Bertz CT molecular complexity index is 1040. The normalized spacial score (nSPS) is 11.6. The van der Waals surface area contributed by atoms with Gasteiger partial charge in [0, 0.05) is 33.2 Å². The molecule has 4 heterocycles. The first kappa shape index (κ1) is 19.9. The summed E-state index contributed by atoms with van der Waals surface area (Å²) >= 11 is 0. The van der Waals surface area contributed by atoms with E-state index in [1.807, 2.05) is 13.8 Å². The molecule has 4 aromatic rings. The second kappa shape index (κ2) is 6.94. The zero-order valence-corrected chi connectivity index (χ0v) is 17.8. The van der Waals surface area contributed by atoms with E-state index >= 15 is 0 Å². The number of rotatable bonds is 4. The number of aromatic hydroxyl groups is 2. The van der Waals surface area contributed by atoms with Gasteiger partial charge in [-0.2, -0.15) is 29.5 Å². The first-order chi connectivity index (χ1) is 12.8. The van der Waals surface area contributed by atoms with Gasteiger partial charge in [0.25, 0.3) is 0 Å². The Morgan fingerprint density at radius 1 is 0.821 bits per heavy atom. The number of oxazole rings is 2. The fourth-order valence-electron chi connectivity index (χ4n) is 2.70. The van der Waals surface area contributed by atoms with Crippen LogP contribution in [0, 0.1) is 13.8 Å². The van der Waals surface area contributed by atoms with Crippen molar-refractivity contribution in [1.82, 2.24) is 29.5 Å². The van der Waals surface area contributed by atoms with Crippen molar-refractivity contribution in [3.8, 4) is 23.4 Å². The van der Waals surface area contributed by atoms with Gasteiger partial charge in [0.1, 0.15) is 17.9 Å². The molecule has 0 radical (unpaired) electrons. The molecule has 0 unspecified atom stereocenters. The van der Waals surface area contributed by atoms with Crippen LogP contribution < -0.4 is 0 Å². The van der Waals surface area contributed by atoms with Crippen molar-refractivity contribution in [1.29, 1.82) is 0 Å². The van der Waals surface area contributed by atoms with Gasteiger partial charge in [0.2, 0.25) is 23.5 Å². The summed E-state index contributed by atoms with van der Waals surface area (Å²) < 4.78 is 13.7. The minimum atomic E-state index is -0.813. The van der Waals surface area contributed by atoms with Crippen LogP contribution in [0.2, 0.25) is 0 Å². The van der Waals surface area contributed by atoms with E-state index in [4.69, 9.17) is 8.83 Å². The summed E-state index contributed by atoms with van der Waals surface area (Å²) in [7, 11) is 0. The van der Waals surface area contributed by atoms with Crippen molar-refractivity contribution in [2.24, 2.45) is 0 Å². The van der Waals surface area contributed by atoms with Crippen molar-refractivity contribution in [3.63, 3.8) is 0 Å². The molecule has 2 N–H and O–H groups in total. The third-order valence-corrected chi connectivity index (χ3v) is 4.11. The molecule has 0 aliphatic rings. The van der Waals surface area contributed by atoms with Gasteiger partial charge in [-0.25, -0.2) is 0 Å². The zero-order chi connectivity index (χ0) is 19.3. The van der Waals surface area contributed by atoms with E-state index in [1.165, 1.54) is 34.0 Å². The number of nitrogens with zero attached hydrogens (tertiary/aromatic N) is 6. The molecule has 150 valence electrons. The van der Waals surface area contributed by atoms with Crippen LogP contribution in [0.1, 0.15) is 37.0 Å². The van der Waals surface area contributed by atoms with Gasteiger partial charge in [-0.1, -0.05) is 0 Å². The maximum Gasteiger partial charge on any atom is 0.215 e. The molecule has 0 spiro atoms. The second-order valence-corrected chi connectivity index (χ2v) is 6.76. The summed E-state index contributed by atoms with van der Waals surface area (Å²) in [5, 5.41) is 28.2. The van der Waals surface area contributed by atoms with Gasteiger partial charge in [0.15, 0.2) is 11.6 Å². The van der Waals surface area contributed by atoms with Gasteiger partial charge in [0.05, 0.1) is 11.4 Å². The van der Waals surface area contributed by atoms with E-state index < -0.39 is 5.41 Å². The summed E-state index contributed by atoms with van der Waals surface area (Å²) in [6.07, 6.45) is 2.80. The molecule has 0 atom stereocenters. The summed E-state index contributed by atoms with van der Waals surface area (Å²) in [6.45, 7) is 7.20. The molecule has 0 aromatic carbocycles. The Morgan fingerprint density at radius 3 is 1.54 bits per heavy atom. The average molecular weight is 565 g/mol. The Morgan fingerprint density at radius 2 is 1.21 bits per heavy atom. The summed E-state index contributed by atoms with van der Waals surface area (Å²) in [4.78, 5) is 8.82. The van der Waals surface area contributed by atoms with Crippen molar-refractivity contribution in [2.75, 3.05) is 0 Å². The molecule has 0 fully saturated rings. The molecule has 28 heavy (non-hydrogen) atoms. The number of hydrogen-bond donors (Lipinski definition) is 2. The quantitative estimate of drug-likeness (QED) is 0.386. The zero-order valence-electron chi connectivity index (χ0n) is 15.5. The smallest absolute Gasteiger partial charge is 0.215 e. The molecule has 0 saturated heterocycles. The Labute approximate surface area is 174 Å². The van der Waals surface area contributed by atoms with Gasteiger partial charge < -0.3 is 19.0 Å². The molecule has 11 heteroatoms. The second-order valence-electron chi connectivity index (χ2n) is 6.76. The standard InChI is InChI=1S/C17H18N6O4.Pt/c1-9-5-13(24)22(20-9)11-7-26-15(18-11)17(3,4)16-19-12(8-27-16)23-14(25)6-10(2)21-23;/h5-8,24-25H,1-4H3;. The van der Waals surface area contributed by atoms with Crippen LogP contribution >= 0.6 is 0 Å². The maximum atomic E-state index is 9.93. The van der Waals surface area contributed by atoms with Crippen LogP contribution in [0.15, 0.2) is 33.5 Å². The van der Waals surface area contributed by atoms with E-state index in [2.05, 4.69) is 20.2 Å².